The number of anilines is 2. The number of nitrogens with two attached hydrogens (primary N) is 2. The molecule has 2 aromatic carbocycles. The molecule has 1 aliphatic rings. The van der Waals surface area contributed by atoms with Gasteiger partial charge in [0.05, 0.1) is 101 Å². The van der Waals surface area contributed by atoms with Gasteiger partial charge in [0, 0.05) is 12.8 Å². The number of nitrogen functional groups attached to an aromatic ring is 2. The average Bonchev–Trinajstić information content (AvgIpc) is 3.15. The third kappa shape index (κ3) is 20.3. The first-order valence-corrected chi connectivity index (χ1v) is 20.6. The molecule has 0 aliphatic carbocycles. The zero-order valence-corrected chi connectivity index (χ0v) is 39.5. The van der Waals surface area contributed by atoms with Crippen LogP contribution in [-0.2, 0) is 22.4 Å². The van der Waals surface area contributed by atoms with Crippen LogP contribution < -0.4 is 74.1 Å². The van der Waals surface area contributed by atoms with E-state index in [-0.39, 0.29) is 90.8 Å². The number of aryl methyl sites for hydroxylation is 2. The Morgan fingerprint density at radius 3 is 1.64 bits per heavy atom. The first kappa shape index (κ1) is 55.2. The maximum Gasteiger partial charge on any atom is 0.274 e. The summed E-state index contributed by atoms with van der Waals surface area (Å²) in [7, 11) is 12.5. The fraction of sp³-hybridized carbons (Fsp3) is 0.548. The normalized spacial score (nSPS) is 14.6. The van der Waals surface area contributed by atoms with Crippen LogP contribution in [0.3, 0.4) is 0 Å². The van der Waals surface area contributed by atoms with Gasteiger partial charge in [-0.15, -0.1) is 0 Å². The minimum absolute atomic E-state index is 0. The Morgan fingerprint density at radius 1 is 0.738 bits per heavy atom. The van der Waals surface area contributed by atoms with Crippen LogP contribution in [0.1, 0.15) is 47.3 Å². The van der Waals surface area contributed by atoms with Gasteiger partial charge in [0.2, 0.25) is 0 Å². The number of likely N-dealkylation sites (N-methyl/N-ethyl adjacent to an activating group) is 2. The highest BCUT2D eigenvalue weighted by molar-refractivity contribution is 6.31. The molecule has 1 fully saturated rings. The van der Waals surface area contributed by atoms with Gasteiger partial charge < -0.3 is 87.6 Å². The van der Waals surface area contributed by atoms with Crippen molar-refractivity contribution in [2.75, 3.05) is 119 Å². The highest BCUT2D eigenvalue weighted by atomic mass is 35.5. The first-order chi connectivity index (χ1) is 27.4. The number of aromatic nitrogens is 2. The number of quaternary nitrogens is 3. The molecule has 0 bridgehead atoms. The fourth-order valence-corrected chi connectivity index (χ4v) is 7.15. The molecule has 4 rings (SSSR count). The molecule has 3 aromatic rings. The lowest BCUT2D eigenvalue weighted by Gasteiger charge is -2.45. The number of halogens is 4. The number of benzene rings is 2. The summed E-state index contributed by atoms with van der Waals surface area (Å²) >= 11 is 6.08. The zero-order valence-electron chi connectivity index (χ0n) is 36.5. The summed E-state index contributed by atoms with van der Waals surface area (Å²) in [5.41, 5.74) is 14.1. The molecule has 2 heterocycles. The van der Waals surface area contributed by atoms with Crippen molar-refractivity contribution in [3.8, 4) is 11.5 Å². The van der Waals surface area contributed by atoms with Crippen LogP contribution in [0.15, 0.2) is 48.5 Å². The first-order valence-electron chi connectivity index (χ1n) is 20.2. The third-order valence-electron chi connectivity index (χ3n) is 10.2. The summed E-state index contributed by atoms with van der Waals surface area (Å²) in [5.74, 6) is 0.567. The van der Waals surface area contributed by atoms with Gasteiger partial charge in [-0.05, 0) is 61.1 Å². The van der Waals surface area contributed by atoms with Crippen LogP contribution in [0.4, 0.5) is 11.6 Å². The van der Waals surface area contributed by atoms with E-state index in [0.29, 0.717) is 24.6 Å². The summed E-state index contributed by atoms with van der Waals surface area (Å²) in [4.78, 5) is 45.9. The van der Waals surface area contributed by atoms with E-state index in [9.17, 15) is 14.4 Å². The number of rotatable bonds is 22. The molecule has 19 heteroatoms. The van der Waals surface area contributed by atoms with E-state index in [1.54, 1.807) is 0 Å². The van der Waals surface area contributed by atoms with Crippen LogP contribution in [0.25, 0.3) is 0 Å². The number of piperidine rings is 1. The highest BCUT2D eigenvalue weighted by Crippen LogP contribution is 2.25. The summed E-state index contributed by atoms with van der Waals surface area (Å²) in [6.07, 6.45) is 5.47. The Bertz CT molecular complexity index is 1720. The van der Waals surface area contributed by atoms with Crippen LogP contribution >= 0.6 is 11.6 Å². The molecule has 342 valence electrons. The van der Waals surface area contributed by atoms with Gasteiger partial charge in [-0.1, -0.05) is 35.9 Å². The van der Waals surface area contributed by atoms with Crippen molar-refractivity contribution in [3.05, 3.63) is 70.5 Å². The molecular formula is C42H66Cl4N10O5. The summed E-state index contributed by atoms with van der Waals surface area (Å²) < 4.78 is 13.9. The van der Waals surface area contributed by atoms with E-state index in [1.807, 2.05) is 24.3 Å². The third-order valence-corrected chi connectivity index (χ3v) is 10.5. The van der Waals surface area contributed by atoms with Crippen molar-refractivity contribution in [3.63, 3.8) is 0 Å². The molecule has 0 saturated carbocycles. The summed E-state index contributed by atoms with van der Waals surface area (Å²) in [6, 6.07) is 15.8. The lowest BCUT2D eigenvalue weighted by molar-refractivity contribution is -0.933. The number of nitrogens with one attached hydrogen (secondary N) is 3. The maximum absolute atomic E-state index is 13.3. The number of hydrogen-bond donors (Lipinski definition) is 5. The molecule has 3 amide bonds. The number of carbonyl (C=O) groups is 3. The van der Waals surface area contributed by atoms with Gasteiger partial charge in [-0.3, -0.25) is 14.4 Å². The Kier molecular flexibility index (Phi) is 23.5. The molecule has 61 heavy (non-hydrogen) atoms. The van der Waals surface area contributed by atoms with E-state index in [1.165, 1.54) is 11.1 Å². The van der Waals surface area contributed by atoms with E-state index < -0.39 is 5.91 Å². The molecule has 1 aliphatic heterocycles. The van der Waals surface area contributed by atoms with Crippen molar-refractivity contribution < 1.29 is 74.5 Å². The van der Waals surface area contributed by atoms with Crippen molar-refractivity contribution in [1.82, 2.24) is 25.9 Å². The number of carbonyl (C=O) groups excluding carboxylic acids is 3. The predicted octanol–water partition coefficient (Wildman–Crippen LogP) is -6.32. The molecule has 0 radical (unpaired) electrons. The average molecular weight is 933 g/mol. The van der Waals surface area contributed by atoms with Gasteiger partial charge in [0.15, 0.2) is 35.7 Å². The minimum atomic E-state index is -0.412. The van der Waals surface area contributed by atoms with Gasteiger partial charge in [-0.25, -0.2) is 9.97 Å². The predicted molar refractivity (Wildman–Crippen MR) is 228 cm³/mol. The van der Waals surface area contributed by atoms with Crippen molar-refractivity contribution in [1.29, 1.82) is 0 Å². The molecule has 0 spiro atoms. The number of ether oxygens (including phenoxy) is 2. The number of nitrogens with zero attached hydrogens (tertiary/aromatic N) is 5. The minimum Gasteiger partial charge on any atom is -1.00 e. The smallest absolute Gasteiger partial charge is 0.274 e. The van der Waals surface area contributed by atoms with Gasteiger partial charge in [0.25, 0.3) is 17.7 Å². The molecule has 1 atom stereocenters. The maximum atomic E-state index is 13.3. The number of amides is 3. The van der Waals surface area contributed by atoms with Crippen LogP contribution in [0.5, 0.6) is 11.5 Å². The zero-order chi connectivity index (χ0) is 42.3. The van der Waals surface area contributed by atoms with E-state index in [2.05, 4.69) is 92.5 Å². The van der Waals surface area contributed by atoms with Crippen molar-refractivity contribution >= 4 is 41.0 Å². The molecule has 7 N–H and O–H groups in total. The van der Waals surface area contributed by atoms with E-state index in [0.717, 1.165) is 91.2 Å². The molecule has 1 saturated heterocycles. The fourth-order valence-electron chi connectivity index (χ4n) is 7.02. The van der Waals surface area contributed by atoms with Crippen molar-refractivity contribution in [2.24, 2.45) is 0 Å². The van der Waals surface area contributed by atoms with Gasteiger partial charge in [0.1, 0.15) is 11.5 Å². The van der Waals surface area contributed by atoms with Crippen LogP contribution in [0.2, 0.25) is 5.15 Å². The Morgan fingerprint density at radius 2 is 1.20 bits per heavy atom. The Hall–Kier alpha value is -3.83. The quantitative estimate of drug-likeness (QED) is 0.0613. The summed E-state index contributed by atoms with van der Waals surface area (Å²) in [6.45, 7) is 6.50. The standard InChI is InChI=1S/C42H63ClN10O5.3ClH/c1-51(2,3)26-21-46-36(54)29-57-34-17-13-31(14-18-34)10-7-23-53(25-9-12-33(28-53)48-42(56)38-40(44)50-41(45)39(43)49-38)24-8-11-32-15-19-35(20-16-32)58-30-37(55)47-22-27-52(4,5)6;;;/h13-20,33H,7-12,21-30H2,1-6H3,(H4-3,44,45,46,47,48,50,54,55,56);3*1H/t33-;;;/m0.../s1. The molecule has 15 nitrogen and oxygen atoms in total. The molecule has 1 aromatic heterocycles. The second-order valence-electron chi connectivity index (χ2n) is 17.4. The van der Waals surface area contributed by atoms with Crippen LogP contribution in [0, 0.1) is 0 Å². The lowest BCUT2D eigenvalue weighted by Crippen LogP contribution is -3.00. The highest BCUT2D eigenvalue weighted by Gasteiger charge is 2.35. The number of hydrogen-bond acceptors (Lipinski definition) is 9. The van der Waals surface area contributed by atoms with E-state index >= 15 is 0 Å². The molecule has 0 unspecified atom stereocenters. The summed E-state index contributed by atoms with van der Waals surface area (Å²) in [5, 5.41) is 8.92. The second-order valence-corrected chi connectivity index (χ2v) is 17.8. The Balaban J connectivity index is 0.00000620. The van der Waals surface area contributed by atoms with Gasteiger partial charge in [-0.2, -0.15) is 0 Å². The van der Waals surface area contributed by atoms with Crippen LogP contribution in [-0.4, -0.2) is 155 Å². The largest absolute Gasteiger partial charge is 1.00 e. The van der Waals surface area contributed by atoms with Gasteiger partial charge >= 0.3 is 0 Å². The lowest BCUT2D eigenvalue weighted by atomic mass is 9.99. The number of likely N-dealkylation sites (tertiary alicyclic amines) is 1. The topological polar surface area (TPSA) is 184 Å². The second kappa shape index (κ2) is 25.9. The molecular weight excluding hydrogens is 866 g/mol. The monoisotopic (exact) mass is 930 g/mol. The SMILES string of the molecule is C[N+](C)(C)CCNC(=O)COc1ccc(CCC[N+]2(CCCc3ccc(OCC(=O)NCC[N+](C)(C)C)cc3)CCC[C@H](NC(=O)c3nc(Cl)c(N)nc3N)C2)cc1.[Cl-].[Cl-].[Cl-]. The Labute approximate surface area is 385 Å². The van der Waals surface area contributed by atoms with E-state index in [4.69, 9.17) is 32.5 Å². The van der Waals surface area contributed by atoms with Crippen molar-refractivity contribution in [2.45, 2.75) is 44.6 Å².